The van der Waals surface area contributed by atoms with Crippen LogP contribution >= 0.6 is 0 Å². The van der Waals surface area contributed by atoms with Crippen LogP contribution in [0, 0.1) is 0 Å². The van der Waals surface area contributed by atoms with Crippen molar-refractivity contribution in [1.29, 1.82) is 0 Å². The van der Waals surface area contributed by atoms with Crippen LogP contribution in [-0.4, -0.2) is 36.6 Å². The van der Waals surface area contributed by atoms with Gasteiger partial charge >= 0.3 is 0 Å². The van der Waals surface area contributed by atoms with E-state index in [4.69, 9.17) is 15.3 Å². The monoisotopic (exact) mass is 1310 g/mol. The Balaban J connectivity index is -0.000000196. The molecule has 3 nitrogen and oxygen atoms in total. The van der Waals surface area contributed by atoms with Crippen LogP contribution in [0.4, 0.5) is 0 Å². The van der Waals surface area contributed by atoms with Gasteiger partial charge in [0.15, 0.2) is 0 Å². The molecule has 0 atom stereocenters. The molecular formula is C94H136O3. The maximum absolute atomic E-state index is 7.00. The van der Waals surface area contributed by atoms with Crippen molar-refractivity contribution in [3.8, 4) is 11.1 Å². The summed E-state index contributed by atoms with van der Waals surface area (Å²) in [5.41, 5.74) is 13.4. The van der Waals surface area contributed by atoms with E-state index in [-0.39, 0.29) is 5.41 Å². The fourth-order valence-corrected chi connectivity index (χ4v) is 8.55. The molecular weight excluding hydrogens is 1180 g/mol. The lowest BCUT2D eigenvalue weighted by molar-refractivity contribution is 0.399. The first-order valence-electron chi connectivity index (χ1n) is 35.9. The number of hydrogen-bond donors (Lipinski definition) is 3. The average Bonchev–Trinajstić information content (AvgIpc) is 0.867. The van der Waals surface area contributed by atoms with Crippen LogP contribution in [0.25, 0.3) is 11.1 Å². The van der Waals surface area contributed by atoms with Gasteiger partial charge in [-0.3, -0.25) is 0 Å². The van der Waals surface area contributed by atoms with Crippen LogP contribution in [0.5, 0.6) is 0 Å². The first kappa shape index (κ1) is 102. The first-order chi connectivity index (χ1) is 48.1. The highest BCUT2D eigenvalue weighted by Gasteiger charge is 2.22. The van der Waals surface area contributed by atoms with E-state index in [0.717, 1.165) is 21.3 Å². The third-order valence-corrected chi connectivity index (χ3v) is 12.3. The van der Waals surface area contributed by atoms with E-state index < -0.39 is 0 Å². The van der Waals surface area contributed by atoms with E-state index in [1.54, 1.807) is 0 Å². The zero-order valence-electron chi connectivity index (χ0n) is 65.3. The van der Waals surface area contributed by atoms with Gasteiger partial charge < -0.3 is 15.3 Å². The molecule has 11 aromatic carbocycles. The Morgan fingerprint density at radius 3 is 0.402 bits per heavy atom. The van der Waals surface area contributed by atoms with E-state index in [2.05, 4.69) is 305 Å². The maximum atomic E-state index is 7.00. The topological polar surface area (TPSA) is 60.7 Å². The van der Waals surface area contributed by atoms with Crippen molar-refractivity contribution in [1.82, 2.24) is 0 Å². The molecule has 3 heteroatoms. The van der Waals surface area contributed by atoms with Crippen molar-refractivity contribution in [2.75, 3.05) is 21.3 Å². The molecule has 0 saturated heterocycles. The van der Waals surface area contributed by atoms with Crippen LogP contribution in [0.2, 0.25) is 0 Å². The molecule has 11 rings (SSSR count). The summed E-state index contributed by atoms with van der Waals surface area (Å²) < 4.78 is 0. The van der Waals surface area contributed by atoms with Gasteiger partial charge in [0.1, 0.15) is 0 Å². The minimum atomic E-state index is 0.0858. The second kappa shape index (κ2) is 81.5. The summed E-state index contributed by atoms with van der Waals surface area (Å²) in [5, 5.41) is 21.0. The van der Waals surface area contributed by atoms with Crippen LogP contribution in [0.1, 0.15) is 209 Å². The molecule has 97 heavy (non-hydrogen) atoms. The van der Waals surface area contributed by atoms with Crippen LogP contribution in [0.15, 0.2) is 340 Å². The standard InChI is InChI=1S/2C19H16.C15H16.C12H10.C6H6.10C2H6.3CH4O/c2*1-4-10-16(11-5-1)19(17-12-6-2-7-13-17)18-14-8-3-9-15-18;1-15(2,13-9-5-3-6-10-13)14-11-7-4-8-12-14;1-3-7-11(8-4-1)12-9-5-2-6-10-12;1-2-4-6-5-3-1;13*1-2/h2*1-15,19H;3-12H,1-2H3;1-10H;1-6H;10*1-2H3;3*2H,1H3. The van der Waals surface area contributed by atoms with Crippen LogP contribution < -0.4 is 0 Å². The smallest absolute Gasteiger partial charge is 0.0339 e. The summed E-state index contributed by atoms with van der Waals surface area (Å²) in [4.78, 5) is 0. The molecule has 0 aliphatic carbocycles. The molecule has 0 bridgehead atoms. The molecule has 0 saturated carbocycles. The summed E-state index contributed by atoms with van der Waals surface area (Å²) in [5.74, 6) is 0.618. The summed E-state index contributed by atoms with van der Waals surface area (Å²) in [6, 6.07) is 118. The zero-order chi connectivity index (χ0) is 75.0. The van der Waals surface area contributed by atoms with E-state index in [1.165, 1.54) is 55.6 Å². The number of aliphatic hydroxyl groups is 3. The number of aliphatic hydroxyl groups excluding tert-OH is 3. The van der Waals surface area contributed by atoms with E-state index in [9.17, 15) is 0 Å². The predicted molar refractivity (Wildman–Crippen MR) is 442 cm³/mol. The van der Waals surface area contributed by atoms with Gasteiger partial charge in [0.2, 0.25) is 0 Å². The molecule has 0 spiro atoms. The van der Waals surface area contributed by atoms with Crippen molar-refractivity contribution in [2.45, 2.75) is 170 Å². The fourth-order valence-electron chi connectivity index (χ4n) is 8.55. The normalized spacial score (nSPS) is 8.39. The third kappa shape index (κ3) is 46.2. The Labute approximate surface area is 598 Å². The van der Waals surface area contributed by atoms with Gasteiger partial charge in [-0.25, -0.2) is 0 Å². The van der Waals surface area contributed by atoms with E-state index in [1.807, 2.05) is 187 Å². The average molecular weight is 1310 g/mol. The highest BCUT2D eigenvalue weighted by atomic mass is 16.2. The molecule has 0 heterocycles. The highest BCUT2D eigenvalue weighted by Crippen LogP contribution is 2.33. The van der Waals surface area contributed by atoms with Crippen molar-refractivity contribution < 1.29 is 15.3 Å². The minimum Gasteiger partial charge on any atom is -0.400 e. The number of benzene rings is 11. The predicted octanol–water partition coefficient (Wildman–Crippen LogP) is 27.9. The molecule has 3 N–H and O–H groups in total. The Bertz CT molecular complexity index is 2630. The maximum Gasteiger partial charge on any atom is 0.0339 e. The molecule has 0 fully saturated rings. The van der Waals surface area contributed by atoms with Gasteiger partial charge in [-0.05, 0) is 55.6 Å². The van der Waals surface area contributed by atoms with Crippen LogP contribution in [0.3, 0.4) is 0 Å². The SMILES string of the molecule is CC.CC.CC.CC.CC.CC.CC.CC.CC.CC.CC(C)(c1ccccc1)c1ccccc1.CO.CO.CO.c1ccc(-c2ccccc2)cc1.c1ccc(C(c2ccccc2)c2ccccc2)cc1.c1ccc(C(c2ccccc2)c2ccccc2)cc1.c1ccccc1. The molecule has 0 unspecified atom stereocenters. The first-order valence-corrected chi connectivity index (χ1v) is 35.9. The van der Waals surface area contributed by atoms with E-state index >= 15 is 0 Å². The van der Waals surface area contributed by atoms with E-state index in [0.29, 0.717) is 11.8 Å². The number of hydrogen-bond acceptors (Lipinski definition) is 3. The van der Waals surface area contributed by atoms with Crippen molar-refractivity contribution in [2.24, 2.45) is 0 Å². The van der Waals surface area contributed by atoms with Gasteiger partial charge in [0.05, 0.1) is 0 Å². The van der Waals surface area contributed by atoms with Crippen molar-refractivity contribution >= 4 is 0 Å². The molecule has 11 aromatic rings. The Morgan fingerprint density at radius 1 is 0.165 bits per heavy atom. The lowest BCUT2D eigenvalue weighted by Crippen LogP contribution is -2.18. The van der Waals surface area contributed by atoms with Gasteiger partial charge in [0, 0.05) is 38.6 Å². The number of rotatable bonds is 9. The highest BCUT2D eigenvalue weighted by molar-refractivity contribution is 5.62. The zero-order valence-corrected chi connectivity index (χ0v) is 65.3. The summed E-state index contributed by atoms with van der Waals surface area (Å²) in [6.45, 7) is 44.5. The van der Waals surface area contributed by atoms with Crippen molar-refractivity contribution in [3.05, 3.63) is 384 Å². The summed E-state index contributed by atoms with van der Waals surface area (Å²) in [6.07, 6.45) is 0. The lowest BCUT2D eigenvalue weighted by Gasteiger charge is -2.25. The fraction of sp³-hybridized carbons (Fsp3) is 0.298. The lowest BCUT2D eigenvalue weighted by atomic mass is 9.78. The quantitative estimate of drug-likeness (QED) is 0.126. The third-order valence-electron chi connectivity index (χ3n) is 12.3. The summed E-state index contributed by atoms with van der Waals surface area (Å²) in [7, 11) is 3.00. The van der Waals surface area contributed by atoms with Gasteiger partial charge in [-0.2, -0.15) is 0 Å². The minimum absolute atomic E-state index is 0.0858. The Hall–Kier alpha value is -8.70. The molecule has 530 valence electrons. The molecule has 0 radical (unpaired) electrons. The molecule has 0 amide bonds. The Morgan fingerprint density at radius 2 is 0.268 bits per heavy atom. The van der Waals surface area contributed by atoms with Crippen molar-refractivity contribution in [3.63, 3.8) is 0 Å². The second-order valence-electron chi connectivity index (χ2n) is 17.6. The Kier molecular flexibility index (Phi) is 85.6. The van der Waals surface area contributed by atoms with Gasteiger partial charge in [-0.1, -0.05) is 492 Å². The molecule has 0 aliphatic rings. The summed E-state index contributed by atoms with van der Waals surface area (Å²) >= 11 is 0. The van der Waals surface area contributed by atoms with Gasteiger partial charge in [-0.15, -0.1) is 0 Å². The second-order valence-corrected chi connectivity index (χ2v) is 17.6. The van der Waals surface area contributed by atoms with Gasteiger partial charge in [0.25, 0.3) is 0 Å². The van der Waals surface area contributed by atoms with Crippen LogP contribution in [-0.2, 0) is 5.41 Å². The molecule has 0 aliphatic heterocycles. The largest absolute Gasteiger partial charge is 0.400 e. The molecule has 0 aromatic heterocycles.